The second-order valence-corrected chi connectivity index (χ2v) is 5.81. The SMILES string of the molecule is CN(CC1(CBr)CCOCC1)C1CCC1. The summed E-state index contributed by atoms with van der Waals surface area (Å²) in [6.45, 7) is 3.14. The van der Waals surface area contributed by atoms with Gasteiger partial charge in [0.1, 0.15) is 0 Å². The molecule has 2 aliphatic rings. The number of ether oxygens (including phenoxy) is 1. The molecule has 15 heavy (non-hydrogen) atoms. The third-order valence-corrected chi connectivity index (χ3v) is 5.31. The highest BCUT2D eigenvalue weighted by Crippen LogP contribution is 2.35. The van der Waals surface area contributed by atoms with Gasteiger partial charge in [-0.15, -0.1) is 0 Å². The number of hydrogen-bond acceptors (Lipinski definition) is 2. The van der Waals surface area contributed by atoms with Crippen molar-refractivity contribution in [1.29, 1.82) is 0 Å². The summed E-state index contributed by atoms with van der Waals surface area (Å²) in [6.07, 6.45) is 6.68. The molecule has 0 unspecified atom stereocenters. The van der Waals surface area contributed by atoms with Gasteiger partial charge in [-0.3, -0.25) is 0 Å². The number of halogens is 1. The summed E-state index contributed by atoms with van der Waals surface area (Å²) < 4.78 is 5.47. The predicted molar refractivity (Wildman–Crippen MR) is 66.5 cm³/mol. The molecule has 0 atom stereocenters. The molecule has 2 rings (SSSR count). The van der Waals surface area contributed by atoms with Gasteiger partial charge in [-0.1, -0.05) is 22.4 Å². The maximum atomic E-state index is 5.47. The fraction of sp³-hybridized carbons (Fsp3) is 1.00. The van der Waals surface area contributed by atoms with Gasteiger partial charge in [0.2, 0.25) is 0 Å². The van der Waals surface area contributed by atoms with Crippen molar-refractivity contribution in [2.24, 2.45) is 5.41 Å². The summed E-state index contributed by atoms with van der Waals surface area (Å²) in [5.41, 5.74) is 0.475. The lowest BCUT2D eigenvalue weighted by molar-refractivity contribution is -0.000816. The van der Waals surface area contributed by atoms with Crippen LogP contribution in [0.1, 0.15) is 32.1 Å². The first-order valence-corrected chi connectivity index (χ1v) is 7.22. The van der Waals surface area contributed by atoms with Crippen molar-refractivity contribution in [1.82, 2.24) is 4.90 Å². The molecule has 0 N–H and O–H groups in total. The van der Waals surface area contributed by atoms with Crippen LogP contribution in [0.3, 0.4) is 0 Å². The van der Waals surface area contributed by atoms with E-state index in [1.54, 1.807) is 0 Å². The van der Waals surface area contributed by atoms with E-state index in [1.165, 1.54) is 38.6 Å². The van der Waals surface area contributed by atoms with Crippen molar-refractivity contribution in [2.45, 2.75) is 38.1 Å². The largest absolute Gasteiger partial charge is 0.381 e. The molecule has 2 fully saturated rings. The van der Waals surface area contributed by atoms with Crippen molar-refractivity contribution < 1.29 is 4.74 Å². The van der Waals surface area contributed by atoms with Crippen molar-refractivity contribution in [3.05, 3.63) is 0 Å². The topological polar surface area (TPSA) is 12.5 Å². The molecule has 0 bridgehead atoms. The normalized spacial score (nSPS) is 26.6. The van der Waals surface area contributed by atoms with Crippen molar-refractivity contribution in [3.63, 3.8) is 0 Å². The van der Waals surface area contributed by atoms with Gasteiger partial charge in [-0.25, -0.2) is 0 Å². The third kappa shape index (κ3) is 2.75. The summed E-state index contributed by atoms with van der Waals surface area (Å²) >= 11 is 3.70. The first-order valence-electron chi connectivity index (χ1n) is 6.10. The van der Waals surface area contributed by atoms with Gasteiger partial charge >= 0.3 is 0 Å². The Morgan fingerprint density at radius 1 is 1.33 bits per heavy atom. The van der Waals surface area contributed by atoms with Crippen LogP contribution in [0, 0.1) is 5.41 Å². The van der Waals surface area contributed by atoms with E-state index in [9.17, 15) is 0 Å². The second-order valence-electron chi connectivity index (χ2n) is 5.25. The van der Waals surface area contributed by atoms with Gasteiger partial charge in [-0.2, -0.15) is 0 Å². The Hall–Kier alpha value is 0.400. The monoisotopic (exact) mass is 275 g/mol. The highest BCUT2D eigenvalue weighted by molar-refractivity contribution is 9.09. The molecular formula is C12H22BrNO. The number of nitrogens with zero attached hydrogens (tertiary/aromatic N) is 1. The minimum Gasteiger partial charge on any atom is -0.381 e. The molecule has 0 spiro atoms. The molecule has 1 saturated heterocycles. The van der Waals surface area contributed by atoms with E-state index in [-0.39, 0.29) is 0 Å². The molecule has 1 aliphatic heterocycles. The van der Waals surface area contributed by atoms with Crippen LogP contribution < -0.4 is 0 Å². The van der Waals surface area contributed by atoms with Crippen molar-refractivity contribution >= 4 is 15.9 Å². The Bertz CT molecular complexity index is 200. The quantitative estimate of drug-likeness (QED) is 0.732. The number of hydrogen-bond donors (Lipinski definition) is 0. The molecule has 2 nitrogen and oxygen atoms in total. The maximum absolute atomic E-state index is 5.47. The summed E-state index contributed by atoms with van der Waals surface area (Å²) in [5, 5.41) is 1.13. The van der Waals surface area contributed by atoms with E-state index in [1.807, 2.05) is 0 Å². The molecule has 0 aromatic rings. The average Bonchev–Trinajstić information content (AvgIpc) is 2.16. The molecule has 0 aromatic carbocycles. The van der Waals surface area contributed by atoms with Crippen molar-refractivity contribution in [3.8, 4) is 0 Å². The van der Waals surface area contributed by atoms with E-state index in [0.29, 0.717) is 5.41 Å². The lowest BCUT2D eigenvalue weighted by Gasteiger charge is -2.43. The molecule has 0 radical (unpaired) electrons. The minimum atomic E-state index is 0.475. The standard InChI is InChI=1S/C12H22BrNO/c1-14(11-3-2-4-11)10-12(9-13)5-7-15-8-6-12/h11H,2-10H2,1H3. The zero-order valence-corrected chi connectivity index (χ0v) is 11.3. The predicted octanol–water partition coefficient (Wildman–Crippen LogP) is 2.66. The van der Waals surface area contributed by atoms with E-state index < -0.39 is 0 Å². The van der Waals surface area contributed by atoms with Crippen LogP contribution in [-0.4, -0.2) is 43.1 Å². The van der Waals surface area contributed by atoms with Gasteiger partial charge in [0.15, 0.2) is 0 Å². The molecule has 88 valence electrons. The van der Waals surface area contributed by atoms with Gasteiger partial charge in [0.25, 0.3) is 0 Å². The summed E-state index contributed by atoms with van der Waals surface area (Å²) in [5.74, 6) is 0. The summed E-state index contributed by atoms with van der Waals surface area (Å²) in [7, 11) is 2.30. The Kier molecular flexibility index (Phi) is 4.08. The third-order valence-electron chi connectivity index (χ3n) is 4.12. The average molecular weight is 276 g/mol. The smallest absolute Gasteiger partial charge is 0.0472 e. The Balaban J connectivity index is 1.87. The lowest BCUT2D eigenvalue weighted by atomic mass is 9.80. The highest BCUT2D eigenvalue weighted by atomic mass is 79.9. The first kappa shape index (κ1) is 11.9. The van der Waals surface area contributed by atoms with Crippen LogP contribution in [0.15, 0.2) is 0 Å². The zero-order valence-electron chi connectivity index (χ0n) is 9.67. The van der Waals surface area contributed by atoms with Gasteiger partial charge in [-0.05, 0) is 38.1 Å². The van der Waals surface area contributed by atoms with Crippen LogP contribution in [-0.2, 0) is 4.74 Å². The Morgan fingerprint density at radius 3 is 2.47 bits per heavy atom. The van der Waals surface area contributed by atoms with E-state index >= 15 is 0 Å². The van der Waals surface area contributed by atoms with Crippen LogP contribution in [0.5, 0.6) is 0 Å². The highest BCUT2D eigenvalue weighted by Gasteiger charge is 2.35. The number of alkyl halides is 1. The summed E-state index contributed by atoms with van der Waals surface area (Å²) in [4.78, 5) is 2.58. The van der Waals surface area contributed by atoms with Crippen LogP contribution >= 0.6 is 15.9 Å². The van der Waals surface area contributed by atoms with Crippen molar-refractivity contribution in [2.75, 3.05) is 32.1 Å². The fourth-order valence-electron chi connectivity index (χ4n) is 2.62. The number of rotatable bonds is 4. The molecule has 1 aliphatic carbocycles. The maximum Gasteiger partial charge on any atom is 0.0472 e. The second kappa shape index (κ2) is 5.15. The Morgan fingerprint density at radius 2 is 2.00 bits per heavy atom. The van der Waals surface area contributed by atoms with Crippen LogP contribution in [0.25, 0.3) is 0 Å². The van der Waals surface area contributed by atoms with E-state index in [2.05, 4.69) is 27.9 Å². The van der Waals surface area contributed by atoms with Gasteiger partial charge < -0.3 is 9.64 Å². The van der Waals surface area contributed by atoms with Crippen LogP contribution in [0.4, 0.5) is 0 Å². The zero-order chi connectivity index (χ0) is 10.7. The molecule has 1 saturated carbocycles. The molecule has 0 aromatic heterocycles. The lowest BCUT2D eigenvalue weighted by Crippen LogP contribution is -2.47. The van der Waals surface area contributed by atoms with E-state index in [4.69, 9.17) is 4.74 Å². The summed E-state index contributed by atoms with van der Waals surface area (Å²) in [6, 6.07) is 0.865. The van der Waals surface area contributed by atoms with E-state index in [0.717, 1.165) is 24.6 Å². The first-order chi connectivity index (χ1) is 7.26. The minimum absolute atomic E-state index is 0.475. The molecule has 1 heterocycles. The molecule has 3 heteroatoms. The van der Waals surface area contributed by atoms with Gasteiger partial charge in [0.05, 0.1) is 0 Å². The van der Waals surface area contributed by atoms with Crippen LogP contribution in [0.2, 0.25) is 0 Å². The van der Waals surface area contributed by atoms with Gasteiger partial charge in [0, 0.05) is 31.1 Å². The fourth-order valence-corrected chi connectivity index (χ4v) is 3.36. The molecular weight excluding hydrogens is 254 g/mol. The molecule has 0 amide bonds. The Labute approximate surface area is 101 Å².